The van der Waals surface area contributed by atoms with Crippen molar-refractivity contribution >= 4 is 23.2 Å². The zero-order chi connectivity index (χ0) is 13.8. The number of benzene rings is 1. The number of rotatable bonds is 4. The van der Waals surface area contributed by atoms with Crippen LogP contribution in [0.25, 0.3) is 0 Å². The van der Waals surface area contributed by atoms with Gasteiger partial charge in [-0.2, -0.15) is 10.4 Å². The number of halogens is 1. The van der Waals surface area contributed by atoms with Gasteiger partial charge in [-0.15, -0.1) is 0 Å². The summed E-state index contributed by atoms with van der Waals surface area (Å²) < 4.78 is 1.61. The van der Waals surface area contributed by atoms with E-state index in [-0.39, 0.29) is 0 Å². The fourth-order valence-corrected chi connectivity index (χ4v) is 1.89. The molecule has 1 heterocycles. The Morgan fingerprint density at radius 3 is 2.68 bits per heavy atom. The van der Waals surface area contributed by atoms with Crippen molar-refractivity contribution in [2.24, 2.45) is 0 Å². The van der Waals surface area contributed by atoms with Crippen molar-refractivity contribution in [3.8, 4) is 6.07 Å². The highest BCUT2D eigenvalue weighted by atomic mass is 35.5. The molecule has 98 valence electrons. The number of hydrogen-bond donors (Lipinski definition) is 2. The second-order valence-electron chi connectivity index (χ2n) is 4.04. The van der Waals surface area contributed by atoms with Crippen molar-refractivity contribution in [2.75, 3.05) is 17.6 Å². The first-order valence-electron chi connectivity index (χ1n) is 5.90. The van der Waals surface area contributed by atoms with E-state index in [1.165, 1.54) is 0 Å². The van der Waals surface area contributed by atoms with Gasteiger partial charge in [0, 0.05) is 11.6 Å². The van der Waals surface area contributed by atoms with Crippen molar-refractivity contribution in [1.29, 1.82) is 5.26 Å². The molecule has 0 saturated carbocycles. The number of nitrogens with zero attached hydrogens (tertiary/aromatic N) is 3. The molecule has 1 aromatic heterocycles. The molecule has 0 amide bonds. The van der Waals surface area contributed by atoms with E-state index in [2.05, 4.69) is 16.5 Å². The topological polar surface area (TPSA) is 79.7 Å². The lowest BCUT2D eigenvalue weighted by Gasteiger charge is -2.04. The van der Waals surface area contributed by atoms with Gasteiger partial charge >= 0.3 is 0 Å². The normalized spacial score (nSPS) is 10.2. The minimum atomic E-state index is 0.369. The number of aromatic nitrogens is 2. The van der Waals surface area contributed by atoms with Crippen LogP contribution in [0.4, 0.5) is 11.6 Å². The van der Waals surface area contributed by atoms with Gasteiger partial charge in [0.25, 0.3) is 0 Å². The van der Waals surface area contributed by atoms with Crippen molar-refractivity contribution < 1.29 is 0 Å². The van der Waals surface area contributed by atoms with Gasteiger partial charge in [0.05, 0.1) is 6.54 Å². The van der Waals surface area contributed by atoms with E-state index in [1.54, 1.807) is 4.68 Å². The maximum Gasteiger partial charge on any atom is 0.168 e. The Bertz CT molecular complexity index is 609. The summed E-state index contributed by atoms with van der Waals surface area (Å²) in [7, 11) is 0. The Balaban J connectivity index is 2.30. The molecule has 0 aliphatic heterocycles. The highest BCUT2D eigenvalue weighted by molar-refractivity contribution is 6.30. The van der Waals surface area contributed by atoms with Crippen molar-refractivity contribution in [1.82, 2.24) is 9.78 Å². The predicted octanol–water partition coefficient (Wildman–Crippen LogP) is 2.47. The van der Waals surface area contributed by atoms with Gasteiger partial charge in [0.1, 0.15) is 17.5 Å². The largest absolute Gasteiger partial charge is 0.383 e. The zero-order valence-electron chi connectivity index (χ0n) is 10.5. The third-order valence-corrected chi connectivity index (χ3v) is 2.95. The van der Waals surface area contributed by atoms with E-state index in [0.717, 1.165) is 5.56 Å². The first-order valence-corrected chi connectivity index (χ1v) is 6.28. The molecule has 5 nitrogen and oxygen atoms in total. The molecule has 19 heavy (non-hydrogen) atoms. The van der Waals surface area contributed by atoms with Crippen molar-refractivity contribution in [3.05, 3.63) is 40.4 Å². The lowest BCUT2D eigenvalue weighted by molar-refractivity contribution is 0.699. The molecular formula is C13H14ClN5. The van der Waals surface area contributed by atoms with Crippen LogP contribution >= 0.6 is 11.6 Å². The van der Waals surface area contributed by atoms with Crippen LogP contribution < -0.4 is 11.1 Å². The van der Waals surface area contributed by atoms with Gasteiger partial charge in [-0.25, -0.2) is 4.68 Å². The monoisotopic (exact) mass is 275 g/mol. The molecule has 2 rings (SSSR count). The van der Waals surface area contributed by atoms with E-state index in [0.29, 0.717) is 35.3 Å². The van der Waals surface area contributed by atoms with Crippen LogP contribution in [0.5, 0.6) is 0 Å². The summed E-state index contributed by atoms with van der Waals surface area (Å²) in [6.07, 6.45) is 0. The average Bonchev–Trinajstić information content (AvgIpc) is 2.69. The molecule has 0 saturated heterocycles. The minimum absolute atomic E-state index is 0.369. The molecule has 3 N–H and O–H groups in total. The van der Waals surface area contributed by atoms with E-state index in [9.17, 15) is 0 Å². The maximum atomic E-state index is 9.10. The number of nitriles is 1. The number of anilines is 2. The van der Waals surface area contributed by atoms with Gasteiger partial charge in [0.15, 0.2) is 5.82 Å². The summed E-state index contributed by atoms with van der Waals surface area (Å²) in [5, 5.41) is 17.1. The third-order valence-electron chi connectivity index (χ3n) is 2.69. The zero-order valence-corrected chi connectivity index (χ0v) is 11.3. The molecule has 0 aliphatic carbocycles. The summed E-state index contributed by atoms with van der Waals surface area (Å²) in [6, 6.07) is 9.51. The van der Waals surface area contributed by atoms with Crippen molar-refractivity contribution in [2.45, 2.75) is 13.5 Å². The fraction of sp³-hybridized carbons (Fsp3) is 0.231. The molecule has 0 bridgehead atoms. The highest BCUT2D eigenvalue weighted by Gasteiger charge is 2.14. The van der Waals surface area contributed by atoms with Crippen LogP contribution in [0.2, 0.25) is 5.02 Å². The summed E-state index contributed by atoms with van der Waals surface area (Å²) in [4.78, 5) is 0. The Hall–Kier alpha value is -2.19. The van der Waals surface area contributed by atoms with Gasteiger partial charge in [-0.3, -0.25) is 0 Å². The van der Waals surface area contributed by atoms with E-state index >= 15 is 0 Å². The number of nitrogens with one attached hydrogen (secondary N) is 1. The Morgan fingerprint density at radius 2 is 2.11 bits per heavy atom. The predicted molar refractivity (Wildman–Crippen MR) is 76.1 cm³/mol. The first kappa shape index (κ1) is 13.2. The average molecular weight is 276 g/mol. The van der Waals surface area contributed by atoms with Crippen molar-refractivity contribution in [3.63, 3.8) is 0 Å². The summed E-state index contributed by atoms with van der Waals surface area (Å²) >= 11 is 5.84. The Kier molecular flexibility index (Phi) is 3.93. The van der Waals surface area contributed by atoms with E-state index in [4.69, 9.17) is 22.6 Å². The number of nitrogens with two attached hydrogens (primary N) is 1. The molecule has 0 unspecified atom stereocenters. The summed E-state index contributed by atoms with van der Waals surface area (Å²) in [5.41, 5.74) is 7.34. The third kappa shape index (κ3) is 2.80. The van der Waals surface area contributed by atoms with Crippen LogP contribution in [-0.4, -0.2) is 16.3 Å². The lowest BCUT2D eigenvalue weighted by atomic mass is 10.2. The van der Waals surface area contributed by atoms with Gasteiger partial charge in [-0.1, -0.05) is 23.7 Å². The van der Waals surface area contributed by atoms with Crippen LogP contribution in [0.15, 0.2) is 24.3 Å². The van der Waals surface area contributed by atoms with Gasteiger partial charge < -0.3 is 11.1 Å². The molecule has 0 atom stereocenters. The standard InChI is InChI=1S/C13H14ClN5/c1-2-17-13-11(7-15)12(16)19(18-13)8-9-3-5-10(14)6-4-9/h3-6H,2,8,16H2,1H3,(H,17,18). The molecule has 2 aromatic rings. The molecule has 0 radical (unpaired) electrons. The van der Waals surface area contributed by atoms with Crippen LogP contribution in [0.3, 0.4) is 0 Å². The summed E-state index contributed by atoms with van der Waals surface area (Å²) in [5.74, 6) is 0.893. The Labute approximate surface area is 116 Å². The molecule has 0 aliphatic rings. The SMILES string of the molecule is CCNc1nn(Cc2ccc(Cl)cc2)c(N)c1C#N. The van der Waals surface area contributed by atoms with Gasteiger partial charge in [0.2, 0.25) is 0 Å². The fourth-order valence-electron chi connectivity index (χ4n) is 1.76. The molecule has 6 heteroatoms. The minimum Gasteiger partial charge on any atom is -0.383 e. The van der Waals surface area contributed by atoms with Crippen LogP contribution in [0.1, 0.15) is 18.1 Å². The molecule has 0 spiro atoms. The highest BCUT2D eigenvalue weighted by Crippen LogP contribution is 2.21. The summed E-state index contributed by atoms with van der Waals surface area (Å²) in [6.45, 7) is 3.13. The first-order chi connectivity index (χ1) is 9.15. The van der Waals surface area contributed by atoms with Crippen LogP contribution in [0, 0.1) is 11.3 Å². The Morgan fingerprint density at radius 1 is 1.42 bits per heavy atom. The van der Waals surface area contributed by atoms with E-state index in [1.807, 2.05) is 31.2 Å². The molecule has 1 aromatic carbocycles. The molecule has 0 fully saturated rings. The number of nitrogen functional groups attached to an aromatic ring is 1. The quantitative estimate of drug-likeness (QED) is 0.898. The number of hydrogen-bond acceptors (Lipinski definition) is 4. The second-order valence-corrected chi connectivity index (χ2v) is 4.47. The van der Waals surface area contributed by atoms with Crippen LogP contribution in [-0.2, 0) is 6.54 Å². The van der Waals surface area contributed by atoms with E-state index < -0.39 is 0 Å². The molecular weight excluding hydrogens is 262 g/mol. The lowest BCUT2D eigenvalue weighted by Crippen LogP contribution is -2.06. The smallest absolute Gasteiger partial charge is 0.168 e. The maximum absolute atomic E-state index is 9.10. The van der Waals surface area contributed by atoms with Gasteiger partial charge in [-0.05, 0) is 24.6 Å². The second kappa shape index (κ2) is 5.63.